The average molecular weight is 721 g/mol. The summed E-state index contributed by atoms with van der Waals surface area (Å²) >= 11 is 0. The van der Waals surface area contributed by atoms with E-state index < -0.39 is 46.4 Å². The molecule has 0 aromatic carbocycles. The van der Waals surface area contributed by atoms with Gasteiger partial charge in [0, 0.05) is 0 Å². The van der Waals surface area contributed by atoms with Crippen LogP contribution < -0.4 is 0 Å². The lowest BCUT2D eigenvalue weighted by Crippen LogP contribution is -2.48. The Morgan fingerprint density at radius 3 is 0.533 bits per heavy atom. The van der Waals surface area contributed by atoms with E-state index in [2.05, 4.69) is 34.6 Å². The maximum atomic E-state index is 7.11. The molecular weight excluding hydrogens is 641 g/mol. The van der Waals surface area contributed by atoms with Gasteiger partial charge in [-0.1, -0.05) is 195 Å². The van der Waals surface area contributed by atoms with Crippen LogP contribution in [0.5, 0.6) is 0 Å². The van der Waals surface area contributed by atoms with Crippen molar-refractivity contribution in [2.75, 3.05) is 0 Å². The van der Waals surface area contributed by atoms with Crippen LogP contribution in [0, 0.1) is 0 Å². The van der Waals surface area contributed by atoms with Crippen LogP contribution in [0.25, 0.3) is 0 Å². The van der Waals surface area contributed by atoms with Crippen LogP contribution >= 0.6 is 0 Å². The lowest BCUT2D eigenvalue weighted by Gasteiger charge is -2.34. The van der Waals surface area contributed by atoms with Crippen LogP contribution in [-0.4, -0.2) is 46.4 Å². The molecule has 0 N–H and O–H groups in total. The molecule has 1 aliphatic heterocycles. The Hall–Kier alpha value is 0.884. The molecule has 0 aliphatic carbocycles. The fraction of sp³-hybridized carbons (Fsp3) is 1.00. The Morgan fingerprint density at radius 2 is 0.378 bits per heavy atom. The largest absolute Gasteiger partial charge is 0.420 e. The topological polar surface area (TPSA) is 46.2 Å². The fourth-order valence-corrected chi connectivity index (χ4v) is 25.8. The smallest absolute Gasteiger partial charge is 0.303 e. The van der Waals surface area contributed by atoms with E-state index in [1.807, 2.05) is 0 Å². The zero-order valence-electron chi connectivity index (χ0n) is 31.1. The molecule has 0 bridgehead atoms. The van der Waals surface area contributed by atoms with Crippen LogP contribution in [0.3, 0.4) is 0 Å². The standard InChI is InChI=1S/C35H80O5Si5/c1-6-11-16-21-26-31-41-36-42(32-27-22-17-12-7-2)38-44(34-29-24-19-14-9-4)40-45(35-30-25-20-15-10-5)39-43(37-41)33-28-23-18-13-8-3/h41-45H,6-35H2,1-5H3. The van der Waals surface area contributed by atoms with Gasteiger partial charge in [-0.2, -0.15) is 0 Å². The van der Waals surface area contributed by atoms with Gasteiger partial charge in [0.2, 0.25) is 0 Å². The minimum absolute atomic E-state index is 1.14. The molecule has 1 fully saturated rings. The highest BCUT2D eigenvalue weighted by molar-refractivity contribution is 6.74. The van der Waals surface area contributed by atoms with Crippen LogP contribution in [0.1, 0.15) is 195 Å². The molecule has 1 heterocycles. The summed E-state index contributed by atoms with van der Waals surface area (Å²) in [6.45, 7) is 11.5. The first-order chi connectivity index (χ1) is 22.2. The number of hydrogen-bond donors (Lipinski definition) is 0. The van der Waals surface area contributed by atoms with E-state index in [1.165, 1.54) is 161 Å². The molecule has 0 saturated carbocycles. The predicted molar refractivity (Wildman–Crippen MR) is 209 cm³/mol. The molecule has 5 nitrogen and oxygen atoms in total. The molecule has 270 valence electrons. The third-order valence-electron chi connectivity index (χ3n) is 9.23. The molecule has 0 atom stereocenters. The molecule has 1 saturated heterocycles. The van der Waals surface area contributed by atoms with E-state index in [0.717, 1.165) is 30.2 Å². The van der Waals surface area contributed by atoms with Gasteiger partial charge in [0.15, 0.2) is 0 Å². The predicted octanol–water partition coefficient (Wildman–Crippen LogP) is 11.0. The highest BCUT2D eigenvalue weighted by Crippen LogP contribution is 2.23. The number of rotatable bonds is 30. The first-order valence-electron chi connectivity index (χ1n) is 20.4. The first-order valence-corrected chi connectivity index (χ1v) is 29.2. The van der Waals surface area contributed by atoms with E-state index in [4.69, 9.17) is 20.6 Å². The summed E-state index contributed by atoms with van der Waals surface area (Å²) < 4.78 is 35.5. The van der Waals surface area contributed by atoms with Crippen molar-refractivity contribution < 1.29 is 20.6 Å². The molecule has 0 amide bonds. The summed E-state index contributed by atoms with van der Waals surface area (Å²) in [5.41, 5.74) is 0. The van der Waals surface area contributed by atoms with Gasteiger partial charge in [0.05, 0.1) is 0 Å². The molecule has 1 rings (SSSR count). The minimum atomic E-state index is -1.82. The maximum Gasteiger partial charge on any atom is 0.303 e. The summed E-state index contributed by atoms with van der Waals surface area (Å²) in [4.78, 5) is 0. The summed E-state index contributed by atoms with van der Waals surface area (Å²) in [7, 11) is -9.12. The van der Waals surface area contributed by atoms with Crippen molar-refractivity contribution in [2.24, 2.45) is 0 Å². The lowest BCUT2D eigenvalue weighted by molar-refractivity contribution is 0.276. The maximum absolute atomic E-state index is 7.11. The molecule has 0 spiro atoms. The normalized spacial score (nSPS) is 23.0. The molecule has 0 radical (unpaired) electrons. The van der Waals surface area contributed by atoms with Gasteiger partial charge in [-0.3, -0.25) is 0 Å². The molecular formula is C35H80O5Si5. The third kappa shape index (κ3) is 26.4. The molecule has 0 aromatic heterocycles. The van der Waals surface area contributed by atoms with Crippen molar-refractivity contribution in [1.29, 1.82) is 0 Å². The van der Waals surface area contributed by atoms with Gasteiger partial charge in [0.25, 0.3) is 0 Å². The van der Waals surface area contributed by atoms with Crippen LogP contribution in [0.15, 0.2) is 0 Å². The average Bonchev–Trinajstić information content (AvgIpc) is 3.03. The zero-order valence-corrected chi connectivity index (χ0v) is 36.9. The van der Waals surface area contributed by atoms with Crippen molar-refractivity contribution >= 4 is 46.4 Å². The summed E-state index contributed by atoms with van der Waals surface area (Å²) in [5.74, 6) is 0. The van der Waals surface area contributed by atoms with Crippen molar-refractivity contribution in [1.82, 2.24) is 0 Å². The monoisotopic (exact) mass is 720 g/mol. The zero-order chi connectivity index (χ0) is 32.6. The Kier molecular flexibility index (Phi) is 32.6. The van der Waals surface area contributed by atoms with E-state index in [-0.39, 0.29) is 0 Å². The van der Waals surface area contributed by atoms with E-state index in [0.29, 0.717) is 0 Å². The summed E-state index contributed by atoms with van der Waals surface area (Å²) in [6.07, 6.45) is 32.7. The summed E-state index contributed by atoms with van der Waals surface area (Å²) in [6, 6.07) is 5.71. The van der Waals surface area contributed by atoms with Crippen molar-refractivity contribution in [2.45, 2.75) is 225 Å². The van der Waals surface area contributed by atoms with Crippen LogP contribution in [0.4, 0.5) is 0 Å². The van der Waals surface area contributed by atoms with Gasteiger partial charge >= 0.3 is 46.4 Å². The Balaban J connectivity index is 3.11. The third-order valence-corrected chi connectivity index (χ3v) is 25.8. The van der Waals surface area contributed by atoms with Gasteiger partial charge in [0.1, 0.15) is 0 Å². The molecule has 1 aliphatic rings. The first kappa shape index (κ1) is 43.9. The SMILES string of the molecule is CCCCCCC[SiH]1O[SiH](CCCCCCC)O[SiH](CCCCCCC)O[SiH](CCCCCCC)O[SiH](CCCCCCC)O1. The van der Waals surface area contributed by atoms with Crippen LogP contribution in [0.2, 0.25) is 30.2 Å². The summed E-state index contributed by atoms with van der Waals surface area (Å²) in [5, 5.41) is 0. The fourth-order valence-electron chi connectivity index (χ4n) is 6.26. The van der Waals surface area contributed by atoms with Crippen molar-refractivity contribution in [3.05, 3.63) is 0 Å². The van der Waals surface area contributed by atoms with Crippen molar-refractivity contribution in [3.8, 4) is 0 Å². The lowest BCUT2D eigenvalue weighted by atomic mass is 10.2. The van der Waals surface area contributed by atoms with Gasteiger partial charge < -0.3 is 20.6 Å². The molecule has 45 heavy (non-hydrogen) atoms. The number of unbranched alkanes of at least 4 members (excludes halogenated alkanes) is 20. The Labute approximate surface area is 291 Å². The Morgan fingerprint density at radius 1 is 0.222 bits per heavy atom. The minimum Gasteiger partial charge on any atom is -0.420 e. The molecule has 0 aromatic rings. The van der Waals surface area contributed by atoms with E-state index in [1.54, 1.807) is 0 Å². The van der Waals surface area contributed by atoms with Gasteiger partial charge in [-0.25, -0.2) is 0 Å². The molecule has 10 heteroatoms. The second-order valence-corrected chi connectivity index (χ2v) is 26.5. The Bertz CT molecular complexity index is 483. The highest BCUT2D eigenvalue weighted by Gasteiger charge is 2.34. The van der Waals surface area contributed by atoms with E-state index >= 15 is 0 Å². The van der Waals surface area contributed by atoms with Crippen molar-refractivity contribution in [3.63, 3.8) is 0 Å². The van der Waals surface area contributed by atoms with Crippen LogP contribution in [-0.2, 0) is 20.6 Å². The van der Waals surface area contributed by atoms with Gasteiger partial charge in [-0.05, 0) is 30.2 Å². The van der Waals surface area contributed by atoms with Gasteiger partial charge in [-0.15, -0.1) is 0 Å². The highest BCUT2D eigenvalue weighted by atomic mass is 28.5. The second kappa shape index (κ2) is 33.4. The van der Waals surface area contributed by atoms with E-state index in [9.17, 15) is 0 Å². The molecule has 0 unspecified atom stereocenters. The quantitative estimate of drug-likeness (QED) is 0.0546. The second-order valence-electron chi connectivity index (χ2n) is 13.8. The number of hydrogen-bond acceptors (Lipinski definition) is 5.